The van der Waals surface area contributed by atoms with E-state index in [1.54, 1.807) is 13.8 Å². The quantitative estimate of drug-likeness (QED) is 0.249. The summed E-state index contributed by atoms with van der Waals surface area (Å²) in [7, 11) is 0. The Morgan fingerprint density at radius 2 is 1.25 bits per heavy atom. The lowest BCUT2D eigenvalue weighted by atomic mass is 10.1. The van der Waals surface area contributed by atoms with Crippen molar-refractivity contribution in [3.63, 3.8) is 0 Å². The molecule has 2 heterocycles. The highest BCUT2D eigenvalue weighted by atomic mass is 16.6. The van der Waals surface area contributed by atoms with Crippen molar-refractivity contribution in [1.82, 2.24) is 0 Å². The smallest absolute Gasteiger partial charge is 0.333 e. The molecule has 2 atom stereocenters. The maximum Gasteiger partial charge on any atom is 0.333 e. The molecule has 2 unspecified atom stereocenters. The van der Waals surface area contributed by atoms with Gasteiger partial charge in [0.25, 0.3) is 0 Å². The van der Waals surface area contributed by atoms with E-state index in [0.29, 0.717) is 37.6 Å². The van der Waals surface area contributed by atoms with Crippen LogP contribution in [0.3, 0.4) is 0 Å². The molecular weight excluding hydrogens is 312 g/mol. The molecule has 0 amide bonds. The Labute approximate surface area is 142 Å². The van der Waals surface area contributed by atoms with Gasteiger partial charge in [-0.15, -0.1) is 0 Å². The number of epoxide rings is 2. The van der Waals surface area contributed by atoms with Gasteiger partial charge in [-0.2, -0.15) is 0 Å². The summed E-state index contributed by atoms with van der Waals surface area (Å²) in [4.78, 5) is 23.3. The third kappa shape index (κ3) is 7.75. The fourth-order valence-corrected chi connectivity index (χ4v) is 1.99. The van der Waals surface area contributed by atoms with Crippen molar-refractivity contribution in [2.75, 3.05) is 26.4 Å². The van der Waals surface area contributed by atoms with Crippen molar-refractivity contribution in [2.45, 2.75) is 51.7 Å². The van der Waals surface area contributed by atoms with Gasteiger partial charge in [0, 0.05) is 11.1 Å². The van der Waals surface area contributed by atoms with Crippen molar-refractivity contribution >= 4 is 11.9 Å². The Bertz CT molecular complexity index is 454. The first-order valence-corrected chi connectivity index (χ1v) is 8.47. The summed E-state index contributed by atoms with van der Waals surface area (Å²) in [6.07, 6.45) is 7.53. The minimum absolute atomic E-state index is 0.0975. The summed E-state index contributed by atoms with van der Waals surface area (Å²) in [6, 6.07) is 0. The first-order chi connectivity index (χ1) is 11.6. The van der Waals surface area contributed by atoms with Crippen LogP contribution in [0.1, 0.15) is 39.5 Å². The molecule has 2 saturated heterocycles. The molecule has 134 valence electrons. The summed E-state index contributed by atoms with van der Waals surface area (Å²) in [5.74, 6) is -0.549. The average molecular weight is 338 g/mol. The second-order valence-electron chi connectivity index (χ2n) is 6.17. The van der Waals surface area contributed by atoms with Crippen LogP contribution in [-0.2, 0) is 28.5 Å². The van der Waals surface area contributed by atoms with Crippen LogP contribution < -0.4 is 0 Å². The SMILES string of the molecule is C/C(=C\CCCC/C=C(\C)C(=O)OCC1CO1)C(=O)OCC1CO1. The average Bonchev–Trinajstić information content (AvgIpc) is 3.47. The molecule has 2 aliphatic heterocycles. The maximum absolute atomic E-state index is 11.7. The molecule has 0 N–H and O–H groups in total. The summed E-state index contributed by atoms with van der Waals surface area (Å²) in [6.45, 7) is 5.59. The molecule has 6 nitrogen and oxygen atoms in total. The third-order valence-corrected chi connectivity index (χ3v) is 3.81. The predicted molar refractivity (Wildman–Crippen MR) is 87.4 cm³/mol. The van der Waals surface area contributed by atoms with E-state index in [1.807, 2.05) is 12.2 Å². The van der Waals surface area contributed by atoms with Crippen LogP contribution in [0.4, 0.5) is 0 Å². The number of rotatable bonds is 11. The van der Waals surface area contributed by atoms with Crippen molar-refractivity contribution in [1.29, 1.82) is 0 Å². The fraction of sp³-hybridized carbons (Fsp3) is 0.667. The van der Waals surface area contributed by atoms with Gasteiger partial charge in [0.05, 0.1) is 13.2 Å². The number of ether oxygens (including phenoxy) is 4. The van der Waals surface area contributed by atoms with Gasteiger partial charge in [-0.25, -0.2) is 9.59 Å². The Morgan fingerprint density at radius 3 is 1.58 bits per heavy atom. The van der Waals surface area contributed by atoms with E-state index in [2.05, 4.69) is 0 Å². The topological polar surface area (TPSA) is 77.7 Å². The molecule has 0 spiro atoms. The highest BCUT2D eigenvalue weighted by Crippen LogP contribution is 2.12. The molecular formula is C18H26O6. The van der Waals surface area contributed by atoms with Crippen molar-refractivity contribution in [3.05, 3.63) is 23.3 Å². The molecule has 2 rings (SSSR count). The van der Waals surface area contributed by atoms with Crippen LogP contribution in [0.5, 0.6) is 0 Å². The van der Waals surface area contributed by atoms with Crippen LogP contribution >= 0.6 is 0 Å². The van der Waals surface area contributed by atoms with E-state index in [0.717, 1.165) is 25.7 Å². The number of carbonyl (C=O) groups is 2. The first-order valence-electron chi connectivity index (χ1n) is 8.47. The number of esters is 2. The number of carbonyl (C=O) groups excluding carboxylic acids is 2. The van der Waals surface area contributed by atoms with E-state index in [1.165, 1.54) is 0 Å². The number of unbranched alkanes of at least 4 members (excludes halogenated alkanes) is 3. The van der Waals surface area contributed by atoms with E-state index in [9.17, 15) is 9.59 Å². The molecule has 0 bridgehead atoms. The number of hydrogen-bond donors (Lipinski definition) is 0. The lowest BCUT2D eigenvalue weighted by Gasteiger charge is -2.03. The lowest BCUT2D eigenvalue weighted by Crippen LogP contribution is -2.10. The zero-order valence-corrected chi connectivity index (χ0v) is 14.4. The highest BCUT2D eigenvalue weighted by Gasteiger charge is 2.25. The molecule has 6 heteroatoms. The Hall–Kier alpha value is -1.66. The van der Waals surface area contributed by atoms with Crippen molar-refractivity contribution in [3.8, 4) is 0 Å². The Balaban J connectivity index is 1.52. The minimum atomic E-state index is -0.274. The van der Waals surface area contributed by atoms with Gasteiger partial charge in [0.2, 0.25) is 0 Å². The van der Waals surface area contributed by atoms with Crippen LogP contribution in [0.25, 0.3) is 0 Å². The minimum Gasteiger partial charge on any atom is -0.459 e. The van der Waals surface area contributed by atoms with E-state index in [-0.39, 0.29) is 24.1 Å². The van der Waals surface area contributed by atoms with Crippen molar-refractivity contribution in [2.24, 2.45) is 0 Å². The number of allylic oxidation sites excluding steroid dienone is 2. The summed E-state index contributed by atoms with van der Waals surface area (Å²) >= 11 is 0. The molecule has 0 aromatic carbocycles. The monoisotopic (exact) mass is 338 g/mol. The van der Waals surface area contributed by atoms with Gasteiger partial charge in [0.15, 0.2) is 0 Å². The normalized spacial score (nSPS) is 22.9. The zero-order chi connectivity index (χ0) is 17.4. The summed E-state index contributed by atoms with van der Waals surface area (Å²) in [5.41, 5.74) is 1.27. The number of hydrogen-bond acceptors (Lipinski definition) is 6. The van der Waals surface area contributed by atoms with Gasteiger partial charge in [-0.05, 0) is 39.5 Å². The molecule has 24 heavy (non-hydrogen) atoms. The second kappa shape index (κ2) is 9.59. The van der Waals surface area contributed by atoms with Crippen molar-refractivity contribution < 1.29 is 28.5 Å². The molecule has 0 radical (unpaired) electrons. The molecule has 0 aromatic heterocycles. The molecule has 0 aromatic rings. The van der Waals surface area contributed by atoms with Crippen LogP contribution in [0.2, 0.25) is 0 Å². The zero-order valence-electron chi connectivity index (χ0n) is 14.4. The molecule has 2 fully saturated rings. The van der Waals surface area contributed by atoms with Gasteiger partial charge < -0.3 is 18.9 Å². The van der Waals surface area contributed by atoms with Gasteiger partial charge >= 0.3 is 11.9 Å². The summed E-state index contributed by atoms with van der Waals surface area (Å²) in [5, 5.41) is 0. The highest BCUT2D eigenvalue weighted by molar-refractivity contribution is 5.88. The fourth-order valence-electron chi connectivity index (χ4n) is 1.99. The molecule has 2 aliphatic rings. The Kier molecular flexibility index (Phi) is 7.46. The van der Waals surface area contributed by atoms with E-state index >= 15 is 0 Å². The largest absolute Gasteiger partial charge is 0.459 e. The molecule has 0 aliphatic carbocycles. The second-order valence-corrected chi connectivity index (χ2v) is 6.17. The van der Waals surface area contributed by atoms with E-state index < -0.39 is 0 Å². The van der Waals surface area contributed by atoms with Gasteiger partial charge in [-0.1, -0.05) is 12.2 Å². The molecule has 0 saturated carbocycles. The van der Waals surface area contributed by atoms with Gasteiger partial charge in [-0.3, -0.25) is 0 Å². The predicted octanol–water partition coefficient (Wildman–Crippen LogP) is 2.32. The van der Waals surface area contributed by atoms with Crippen LogP contribution in [0.15, 0.2) is 23.3 Å². The maximum atomic E-state index is 11.7. The van der Waals surface area contributed by atoms with Gasteiger partial charge in [0.1, 0.15) is 25.4 Å². The lowest BCUT2D eigenvalue weighted by molar-refractivity contribution is -0.140. The third-order valence-electron chi connectivity index (χ3n) is 3.81. The Morgan fingerprint density at radius 1 is 0.875 bits per heavy atom. The van der Waals surface area contributed by atoms with Crippen LogP contribution in [-0.4, -0.2) is 50.6 Å². The van der Waals surface area contributed by atoms with Crippen LogP contribution in [0, 0.1) is 0 Å². The van der Waals surface area contributed by atoms with E-state index in [4.69, 9.17) is 18.9 Å². The first kappa shape index (κ1) is 18.7. The standard InChI is InChI=1S/C18H26O6/c1-13(17(19)23-11-15-9-21-15)7-5-3-4-6-8-14(2)18(20)24-12-16-10-22-16/h7-8,15-16H,3-6,9-12H2,1-2H3/b13-7+,14-8+. The summed E-state index contributed by atoms with van der Waals surface area (Å²) < 4.78 is 20.2.